The Morgan fingerprint density at radius 2 is 2.05 bits per heavy atom. The molecular weight excluding hydrogens is 263 g/mol. The lowest BCUT2D eigenvalue weighted by molar-refractivity contribution is 0.0925. The van der Waals surface area contributed by atoms with Crippen LogP contribution in [0, 0.1) is 11.2 Å². The molecule has 0 saturated heterocycles. The van der Waals surface area contributed by atoms with Gasteiger partial charge in [0.15, 0.2) is 0 Å². The van der Waals surface area contributed by atoms with Gasteiger partial charge in [0.2, 0.25) is 0 Å². The summed E-state index contributed by atoms with van der Waals surface area (Å²) in [5.41, 5.74) is -0.0399. The van der Waals surface area contributed by atoms with Gasteiger partial charge in [-0.1, -0.05) is 13.8 Å². The van der Waals surface area contributed by atoms with Crippen molar-refractivity contribution in [3.63, 3.8) is 0 Å². The van der Waals surface area contributed by atoms with E-state index in [4.69, 9.17) is 0 Å². The van der Waals surface area contributed by atoms with Gasteiger partial charge in [0.1, 0.15) is 5.82 Å². The van der Waals surface area contributed by atoms with E-state index in [1.807, 2.05) is 14.1 Å². The van der Waals surface area contributed by atoms with Crippen molar-refractivity contribution in [2.75, 3.05) is 27.2 Å². The quantitative estimate of drug-likeness (QED) is 0.814. The molecule has 106 valence electrons. The first-order valence-corrected chi connectivity index (χ1v) is 6.57. The number of benzene rings is 1. The fourth-order valence-electron chi connectivity index (χ4n) is 2.01. The molecular formula is C14H21FN2OS. The molecule has 3 nitrogen and oxygen atoms in total. The lowest BCUT2D eigenvalue weighted by Gasteiger charge is -2.28. The Labute approximate surface area is 119 Å². The van der Waals surface area contributed by atoms with Crippen molar-refractivity contribution in [2.24, 2.45) is 5.41 Å². The summed E-state index contributed by atoms with van der Waals surface area (Å²) >= 11 is 4.11. The number of carbonyl (C=O) groups excluding carboxylic acids is 1. The minimum atomic E-state index is -0.527. The zero-order valence-electron chi connectivity index (χ0n) is 11.8. The minimum Gasteiger partial charge on any atom is -0.351 e. The molecule has 5 heteroatoms. The molecule has 0 fully saturated rings. The normalized spacial score (nSPS) is 11.7. The summed E-state index contributed by atoms with van der Waals surface area (Å²) in [5.74, 6) is -0.930. The first-order chi connectivity index (χ1) is 8.71. The van der Waals surface area contributed by atoms with Crippen molar-refractivity contribution in [1.82, 2.24) is 10.2 Å². The Kier molecular flexibility index (Phi) is 5.38. The van der Waals surface area contributed by atoms with Crippen molar-refractivity contribution in [1.29, 1.82) is 0 Å². The fraction of sp³-hybridized carbons (Fsp3) is 0.500. The average Bonchev–Trinajstić information content (AvgIpc) is 2.27. The summed E-state index contributed by atoms with van der Waals surface area (Å²) < 4.78 is 13.5. The molecule has 19 heavy (non-hydrogen) atoms. The number of carbonyl (C=O) groups is 1. The summed E-state index contributed by atoms with van der Waals surface area (Å²) in [6.07, 6.45) is 0. The molecule has 0 aliphatic heterocycles. The third-order valence-electron chi connectivity index (χ3n) is 2.67. The summed E-state index contributed by atoms with van der Waals surface area (Å²) in [7, 11) is 3.96. The van der Waals surface area contributed by atoms with Crippen LogP contribution in [0.4, 0.5) is 4.39 Å². The van der Waals surface area contributed by atoms with E-state index in [9.17, 15) is 9.18 Å². The molecule has 0 aliphatic carbocycles. The van der Waals surface area contributed by atoms with Crippen LogP contribution < -0.4 is 5.32 Å². The number of thiol groups is 1. The van der Waals surface area contributed by atoms with Gasteiger partial charge in [0, 0.05) is 18.0 Å². The number of hydrogen-bond acceptors (Lipinski definition) is 3. The maximum Gasteiger partial charge on any atom is 0.254 e. The molecule has 0 radical (unpaired) electrons. The molecule has 0 bridgehead atoms. The minimum absolute atomic E-state index is 0.0353. The number of hydrogen-bond donors (Lipinski definition) is 2. The molecule has 0 heterocycles. The Hall–Kier alpha value is -1.07. The van der Waals surface area contributed by atoms with Gasteiger partial charge >= 0.3 is 0 Å². The molecule has 1 rings (SSSR count). The fourth-order valence-corrected chi connectivity index (χ4v) is 2.22. The van der Waals surface area contributed by atoms with Crippen LogP contribution in [0.1, 0.15) is 24.2 Å². The van der Waals surface area contributed by atoms with Crippen LogP contribution in [0.15, 0.2) is 23.1 Å². The van der Waals surface area contributed by atoms with Crippen LogP contribution in [-0.2, 0) is 0 Å². The summed E-state index contributed by atoms with van der Waals surface area (Å²) in [5, 5.41) is 2.77. The summed E-state index contributed by atoms with van der Waals surface area (Å²) in [4.78, 5) is 14.6. The van der Waals surface area contributed by atoms with Crippen LogP contribution in [0.25, 0.3) is 0 Å². The zero-order chi connectivity index (χ0) is 14.6. The van der Waals surface area contributed by atoms with Crippen LogP contribution >= 0.6 is 12.6 Å². The molecule has 0 aliphatic rings. The Balaban J connectivity index is 2.68. The van der Waals surface area contributed by atoms with Crippen molar-refractivity contribution in [3.8, 4) is 0 Å². The summed E-state index contributed by atoms with van der Waals surface area (Å²) in [6, 6.07) is 4.21. The monoisotopic (exact) mass is 284 g/mol. The largest absolute Gasteiger partial charge is 0.351 e. The van der Waals surface area contributed by atoms with Gasteiger partial charge in [0.25, 0.3) is 5.91 Å². The zero-order valence-corrected chi connectivity index (χ0v) is 12.7. The van der Waals surface area contributed by atoms with E-state index in [1.54, 1.807) is 0 Å². The number of rotatable bonds is 5. The molecule has 0 aromatic heterocycles. The van der Waals surface area contributed by atoms with Gasteiger partial charge in [-0.3, -0.25) is 4.79 Å². The Morgan fingerprint density at radius 3 is 2.63 bits per heavy atom. The molecule has 0 atom stereocenters. The third-order valence-corrected chi connectivity index (χ3v) is 2.94. The average molecular weight is 284 g/mol. The van der Waals surface area contributed by atoms with E-state index in [2.05, 4.69) is 36.7 Å². The van der Waals surface area contributed by atoms with E-state index >= 15 is 0 Å². The van der Waals surface area contributed by atoms with E-state index < -0.39 is 11.7 Å². The van der Waals surface area contributed by atoms with Gasteiger partial charge < -0.3 is 10.2 Å². The number of halogens is 1. The highest BCUT2D eigenvalue weighted by molar-refractivity contribution is 7.80. The predicted molar refractivity (Wildman–Crippen MR) is 78.3 cm³/mol. The maximum atomic E-state index is 13.5. The van der Waals surface area contributed by atoms with Gasteiger partial charge in [-0.25, -0.2) is 4.39 Å². The second kappa shape index (κ2) is 6.39. The van der Waals surface area contributed by atoms with Crippen LogP contribution in [0.3, 0.4) is 0 Å². The van der Waals surface area contributed by atoms with Gasteiger partial charge in [-0.15, -0.1) is 12.6 Å². The maximum absolute atomic E-state index is 13.5. The molecule has 1 aromatic rings. The first-order valence-electron chi connectivity index (χ1n) is 6.13. The van der Waals surface area contributed by atoms with E-state index in [1.165, 1.54) is 18.2 Å². The predicted octanol–water partition coefficient (Wildman–Crippen LogP) is 2.43. The topological polar surface area (TPSA) is 32.3 Å². The molecule has 1 amide bonds. The van der Waals surface area contributed by atoms with E-state index in [0.29, 0.717) is 11.4 Å². The molecule has 0 saturated carbocycles. The molecule has 0 spiro atoms. The molecule has 0 unspecified atom stereocenters. The van der Waals surface area contributed by atoms with Crippen molar-refractivity contribution in [2.45, 2.75) is 18.7 Å². The van der Waals surface area contributed by atoms with E-state index in [-0.39, 0.29) is 11.0 Å². The lowest BCUT2D eigenvalue weighted by atomic mass is 9.93. The smallest absolute Gasteiger partial charge is 0.254 e. The second-order valence-electron chi connectivity index (χ2n) is 5.75. The highest BCUT2D eigenvalue weighted by atomic mass is 32.1. The van der Waals surface area contributed by atoms with E-state index in [0.717, 1.165) is 6.54 Å². The lowest BCUT2D eigenvalue weighted by Crippen LogP contribution is -2.40. The summed E-state index contributed by atoms with van der Waals surface area (Å²) in [6.45, 7) is 5.43. The second-order valence-corrected chi connectivity index (χ2v) is 6.27. The number of nitrogens with zero attached hydrogens (tertiary/aromatic N) is 1. The van der Waals surface area contributed by atoms with Gasteiger partial charge in [-0.2, -0.15) is 0 Å². The molecule has 1 aromatic carbocycles. The number of nitrogens with one attached hydrogen (secondary N) is 1. The van der Waals surface area contributed by atoms with Crippen LogP contribution in [-0.4, -0.2) is 38.0 Å². The van der Waals surface area contributed by atoms with Gasteiger partial charge in [0.05, 0.1) is 5.56 Å². The van der Waals surface area contributed by atoms with Crippen LogP contribution in [0.2, 0.25) is 0 Å². The standard InChI is InChI=1S/C14H21FN2OS/c1-14(2,9-17(3)4)8-16-13(18)11-7-10(19)5-6-12(11)15/h5-7,19H,8-9H2,1-4H3,(H,16,18). The highest BCUT2D eigenvalue weighted by Crippen LogP contribution is 2.16. The Bertz CT molecular complexity index is 461. The highest BCUT2D eigenvalue weighted by Gasteiger charge is 2.21. The first kappa shape index (κ1) is 16.0. The van der Waals surface area contributed by atoms with Crippen molar-refractivity contribution < 1.29 is 9.18 Å². The number of amides is 1. The van der Waals surface area contributed by atoms with Crippen molar-refractivity contribution >= 4 is 18.5 Å². The SMILES string of the molecule is CN(C)CC(C)(C)CNC(=O)c1cc(S)ccc1F. The third kappa shape index (κ3) is 5.20. The van der Waals surface area contributed by atoms with Crippen molar-refractivity contribution in [3.05, 3.63) is 29.6 Å². The van der Waals surface area contributed by atoms with Gasteiger partial charge in [-0.05, 0) is 37.7 Å². The molecule has 1 N–H and O–H groups in total. The van der Waals surface area contributed by atoms with Crippen LogP contribution in [0.5, 0.6) is 0 Å². The Morgan fingerprint density at radius 1 is 1.42 bits per heavy atom.